The lowest BCUT2D eigenvalue weighted by Gasteiger charge is -2.58. The average Bonchev–Trinajstić information content (AvgIpc) is 3.20. The van der Waals surface area contributed by atoms with Crippen molar-refractivity contribution in [1.82, 2.24) is 5.32 Å². The Morgan fingerprint density at radius 1 is 1.11 bits per heavy atom. The quantitative estimate of drug-likeness (QED) is 0.295. The van der Waals surface area contributed by atoms with Crippen molar-refractivity contribution < 1.29 is 9.53 Å². The third kappa shape index (κ3) is 6.01. The average molecular weight is 529 g/mol. The standard InChI is InChI=1S/C34H60N2O2/c1-9-24(22(2)3)11-10-23(4)28-14-15-29-27-13-12-25-20-26(38-31(37)36-21-32(5,6)35)16-18-33(25,7)30(27)17-19-34(28,29)8/h12,22-24,26-30H,9-11,13-21,35H2,1-8H3,(H,36,37)/t23-,24-,26+,27+,28?,29+,30+,33+,34-/m1/s1. The first-order valence-electron chi connectivity index (χ1n) is 16.2. The van der Waals surface area contributed by atoms with E-state index >= 15 is 0 Å². The second kappa shape index (κ2) is 11.5. The van der Waals surface area contributed by atoms with Gasteiger partial charge in [0, 0.05) is 18.5 Å². The summed E-state index contributed by atoms with van der Waals surface area (Å²) in [6.45, 7) is 19.3. The Balaban J connectivity index is 1.39. The first kappa shape index (κ1) is 29.9. The van der Waals surface area contributed by atoms with E-state index in [1.54, 1.807) is 5.57 Å². The summed E-state index contributed by atoms with van der Waals surface area (Å²) < 4.78 is 5.86. The molecule has 0 aromatic carbocycles. The topological polar surface area (TPSA) is 64.3 Å². The summed E-state index contributed by atoms with van der Waals surface area (Å²) in [5.74, 6) is 5.97. The summed E-state index contributed by atoms with van der Waals surface area (Å²) in [5.41, 5.74) is 7.98. The number of nitrogens with one attached hydrogen (secondary N) is 1. The van der Waals surface area contributed by atoms with Gasteiger partial charge in [-0.3, -0.25) is 0 Å². The van der Waals surface area contributed by atoms with Crippen molar-refractivity contribution in [3.63, 3.8) is 0 Å². The van der Waals surface area contributed by atoms with Gasteiger partial charge in [0.1, 0.15) is 6.10 Å². The molecule has 4 nitrogen and oxygen atoms in total. The zero-order chi connectivity index (χ0) is 27.9. The predicted octanol–water partition coefficient (Wildman–Crippen LogP) is 8.50. The summed E-state index contributed by atoms with van der Waals surface area (Å²) >= 11 is 0. The van der Waals surface area contributed by atoms with Gasteiger partial charge in [0.05, 0.1) is 0 Å². The third-order valence-corrected chi connectivity index (χ3v) is 12.2. The number of carbonyl (C=O) groups excluding carboxylic acids is 1. The van der Waals surface area contributed by atoms with Crippen LogP contribution >= 0.6 is 0 Å². The van der Waals surface area contributed by atoms with Crippen molar-refractivity contribution in [1.29, 1.82) is 0 Å². The molecule has 4 aliphatic carbocycles. The molecule has 4 aliphatic rings. The number of rotatable bonds is 9. The van der Waals surface area contributed by atoms with Crippen LogP contribution in [0.4, 0.5) is 4.79 Å². The van der Waals surface area contributed by atoms with Gasteiger partial charge in [-0.2, -0.15) is 0 Å². The van der Waals surface area contributed by atoms with Crippen LogP contribution in [0.1, 0.15) is 126 Å². The third-order valence-electron chi connectivity index (χ3n) is 12.2. The minimum atomic E-state index is -0.427. The summed E-state index contributed by atoms with van der Waals surface area (Å²) in [6.07, 6.45) is 16.4. The fraction of sp³-hybridized carbons (Fsp3) is 0.912. The number of fused-ring (bicyclic) bond motifs is 5. The predicted molar refractivity (Wildman–Crippen MR) is 159 cm³/mol. The van der Waals surface area contributed by atoms with Gasteiger partial charge < -0.3 is 15.8 Å². The molecular weight excluding hydrogens is 468 g/mol. The molecule has 1 amide bonds. The van der Waals surface area contributed by atoms with E-state index in [0.717, 1.165) is 60.7 Å². The lowest BCUT2D eigenvalue weighted by Crippen LogP contribution is -2.51. The highest BCUT2D eigenvalue weighted by atomic mass is 16.6. The van der Waals surface area contributed by atoms with Crippen LogP contribution in [0, 0.1) is 52.3 Å². The highest BCUT2D eigenvalue weighted by Crippen LogP contribution is 2.67. The van der Waals surface area contributed by atoms with E-state index in [1.807, 2.05) is 13.8 Å². The van der Waals surface area contributed by atoms with E-state index < -0.39 is 5.54 Å². The van der Waals surface area contributed by atoms with E-state index in [2.05, 4.69) is 52.9 Å². The summed E-state index contributed by atoms with van der Waals surface area (Å²) in [4.78, 5) is 12.4. The van der Waals surface area contributed by atoms with Gasteiger partial charge in [0.2, 0.25) is 0 Å². The van der Waals surface area contributed by atoms with Crippen molar-refractivity contribution in [2.24, 2.45) is 58.0 Å². The molecule has 0 spiro atoms. The van der Waals surface area contributed by atoms with Crippen LogP contribution in [0.25, 0.3) is 0 Å². The van der Waals surface area contributed by atoms with Gasteiger partial charge in [-0.1, -0.05) is 66.0 Å². The van der Waals surface area contributed by atoms with Crippen molar-refractivity contribution in [2.75, 3.05) is 6.54 Å². The normalized spacial score (nSPS) is 38.5. The molecule has 0 bridgehead atoms. The molecule has 0 radical (unpaired) electrons. The monoisotopic (exact) mass is 528 g/mol. The Morgan fingerprint density at radius 3 is 2.50 bits per heavy atom. The zero-order valence-electron chi connectivity index (χ0n) is 26.1. The Labute approximate surface area is 234 Å². The highest BCUT2D eigenvalue weighted by molar-refractivity contribution is 5.67. The molecule has 3 fully saturated rings. The molecule has 38 heavy (non-hydrogen) atoms. The molecular formula is C34H60N2O2. The van der Waals surface area contributed by atoms with Crippen LogP contribution in [0.15, 0.2) is 11.6 Å². The number of nitrogens with two attached hydrogens (primary N) is 1. The molecule has 4 rings (SSSR count). The van der Waals surface area contributed by atoms with Crippen LogP contribution in [-0.2, 0) is 4.74 Å². The number of alkyl carbamates (subject to hydrolysis) is 1. The second-order valence-electron chi connectivity index (χ2n) is 15.6. The molecule has 0 aliphatic heterocycles. The van der Waals surface area contributed by atoms with Crippen molar-refractivity contribution in [3.05, 3.63) is 11.6 Å². The van der Waals surface area contributed by atoms with Gasteiger partial charge in [-0.05, 0) is 117 Å². The molecule has 9 atom stereocenters. The lowest BCUT2D eigenvalue weighted by atomic mass is 9.47. The van der Waals surface area contributed by atoms with Crippen LogP contribution in [0.5, 0.6) is 0 Å². The Hall–Kier alpha value is -1.03. The Kier molecular flexibility index (Phi) is 9.02. The van der Waals surface area contributed by atoms with Crippen LogP contribution in [-0.4, -0.2) is 24.3 Å². The van der Waals surface area contributed by atoms with Gasteiger partial charge >= 0.3 is 6.09 Å². The fourth-order valence-electron chi connectivity index (χ4n) is 9.88. The molecule has 218 valence electrons. The molecule has 4 heteroatoms. The van der Waals surface area contributed by atoms with Crippen molar-refractivity contribution >= 4 is 6.09 Å². The number of hydrogen-bond donors (Lipinski definition) is 2. The Bertz CT molecular complexity index is 859. The molecule has 0 aromatic rings. The molecule has 0 saturated heterocycles. The molecule has 0 heterocycles. The van der Waals surface area contributed by atoms with Crippen LogP contribution in [0.2, 0.25) is 0 Å². The maximum absolute atomic E-state index is 12.4. The number of amides is 1. The minimum Gasteiger partial charge on any atom is -0.446 e. The van der Waals surface area contributed by atoms with Crippen molar-refractivity contribution in [3.8, 4) is 0 Å². The van der Waals surface area contributed by atoms with E-state index in [9.17, 15) is 4.79 Å². The molecule has 1 unspecified atom stereocenters. The second-order valence-corrected chi connectivity index (χ2v) is 15.6. The number of allylic oxidation sites excluding steroid dienone is 1. The Morgan fingerprint density at radius 2 is 1.84 bits per heavy atom. The smallest absolute Gasteiger partial charge is 0.407 e. The van der Waals surface area contributed by atoms with E-state index in [4.69, 9.17) is 10.5 Å². The maximum Gasteiger partial charge on any atom is 0.407 e. The number of ether oxygens (including phenoxy) is 1. The minimum absolute atomic E-state index is 0.00452. The number of carbonyl (C=O) groups is 1. The first-order chi connectivity index (χ1) is 17.8. The van der Waals surface area contributed by atoms with E-state index in [-0.39, 0.29) is 17.6 Å². The van der Waals surface area contributed by atoms with E-state index in [1.165, 1.54) is 51.4 Å². The zero-order valence-corrected chi connectivity index (χ0v) is 26.1. The fourth-order valence-corrected chi connectivity index (χ4v) is 9.88. The maximum atomic E-state index is 12.4. The van der Waals surface area contributed by atoms with Crippen LogP contribution in [0.3, 0.4) is 0 Å². The highest BCUT2D eigenvalue weighted by Gasteiger charge is 2.59. The largest absolute Gasteiger partial charge is 0.446 e. The van der Waals surface area contributed by atoms with Crippen LogP contribution < -0.4 is 11.1 Å². The summed E-state index contributed by atoms with van der Waals surface area (Å²) in [7, 11) is 0. The van der Waals surface area contributed by atoms with Gasteiger partial charge in [-0.25, -0.2) is 4.79 Å². The first-order valence-corrected chi connectivity index (χ1v) is 16.2. The van der Waals surface area contributed by atoms with Gasteiger partial charge in [-0.15, -0.1) is 0 Å². The summed E-state index contributed by atoms with van der Waals surface area (Å²) in [6, 6.07) is 0. The molecule has 0 aromatic heterocycles. The SMILES string of the molecule is CC[C@H](CC[C@@H](C)C1CC[C@H]2[C@@H]3CC=C4C[C@@H](OC(=O)NCC(C)(C)N)CC[C@]4(C)[C@H]3CC[C@]12C)C(C)C. The van der Waals surface area contributed by atoms with Gasteiger partial charge in [0.15, 0.2) is 0 Å². The summed E-state index contributed by atoms with van der Waals surface area (Å²) in [5, 5.41) is 2.86. The lowest BCUT2D eigenvalue weighted by molar-refractivity contribution is -0.0583. The van der Waals surface area contributed by atoms with E-state index in [0.29, 0.717) is 12.0 Å². The van der Waals surface area contributed by atoms with Crippen molar-refractivity contribution in [2.45, 2.75) is 138 Å². The van der Waals surface area contributed by atoms with Gasteiger partial charge in [0.25, 0.3) is 0 Å². The molecule has 3 N–H and O–H groups in total. The number of hydrogen-bond acceptors (Lipinski definition) is 3. The molecule has 3 saturated carbocycles.